The van der Waals surface area contributed by atoms with Crippen LogP contribution in [0.5, 0.6) is 0 Å². The summed E-state index contributed by atoms with van der Waals surface area (Å²) in [6, 6.07) is 0. The van der Waals surface area contributed by atoms with Crippen LogP contribution in [0.4, 0.5) is 0 Å². The minimum absolute atomic E-state index is 0.0245. The van der Waals surface area contributed by atoms with Gasteiger partial charge in [-0.3, -0.25) is 9.59 Å². The number of rotatable bonds is 7. The van der Waals surface area contributed by atoms with Gasteiger partial charge in [-0.2, -0.15) is 0 Å². The van der Waals surface area contributed by atoms with E-state index in [0.717, 1.165) is 19.3 Å². The molecule has 0 atom stereocenters. The van der Waals surface area contributed by atoms with Crippen LogP contribution >= 0.6 is 0 Å². The Labute approximate surface area is 108 Å². The smallest absolute Gasteiger partial charge is 0.306 e. The Morgan fingerprint density at radius 3 is 2.89 bits per heavy atom. The third-order valence-electron chi connectivity index (χ3n) is 2.70. The Kier molecular flexibility index (Phi) is 6.84. The number of hydrogen-bond donors (Lipinski definition) is 1. The lowest BCUT2D eigenvalue weighted by atomic mass is 10.0. The van der Waals surface area contributed by atoms with Crippen molar-refractivity contribution in [3.05, 3.63) is 23.8 Å². The maximum Gasteiger partial charge on any atom is 0.306 e. The van der Waals surface area contributed by atoms with E-state index in [4.69, 9.17) is 4.74 Å². The summed E-state index contributed by atoms with van der Waals surface area (Å²) >= 11 is 0. The predicted molar refractivity (Wildman–Crippen MR) is 70.0 cm³/mol. The molecule has 0 aromatic rings. The van der Waals surface area contributed by atoms with Crippen molar-refractivity contribution in [2.75, 3.05) is 13.2 Å². The van der Waals surface area contributed by atoms with Crippen molar-refractivity contribution >= 4 is 11.9 Å². The normalized spacial score (nSPS) is 13.9. The molecule has 1 amide bonds. The van der Waals surface area contributed by atoms with Crippen LogP contribution in [0, 0.1) is 0 Å². The Bertz CT molecular complexity index is 345. The van der Waals surface area contributed by atoms with Crippen molar-refractivity contribution in [2.24, 2.45) is 0 Å². The molecule has 0 spiro atoms. The summed E-state index contributed by atoms with van der Waals surface area (Å²) in [5, 5.41) is 2.65. The number of carbonyl (C=O) groups is 2. The summed E-state index contributed by atoms with van der Waals surface area (Å²) < 4.78 is 5.02. The molecule has 1 N–H and O–H groups in total. The first-order chi connectivity index (χ1) is 8.72. The van der Waals surface area contributed by atoms with Crippen molar-refractivity contribution < 1.29 is 14.3 Å². The van der Waals surface area contributed by atoms with E-state index in [9.17, 15) is 9.59 Å². The van der Waals surface area contributed by atoms with Crippen LogP contribution in [0.25, 0.3) is 0 Å². The minimum Gasteiger partial charge on any atom is -0.464 e. The largest absolute Gasteiger partial charge is 0.464 e. The van der Waals surface area contributed by atoms with E-state index < -0.39 is 0 Å². The fourth-order valence-electron chi connectivity index (χ4n) is 1.65. The second-order valence-corrected chi connectivity index (χ2v) is 4.18. The van der Waals surface area contributed by atoms with Gasteiger partial charge in [0, 0.05) is 12.8 Å². The SMILES string of the molecule is CCC(=O)NCCOC(=O)CCC1=CCCC=C1. The van der Waals surface area contributed by atoms with Crippen molar-refractivity contribution in [3.8, 4) is 0 Å². The van der Waals surface area contributed by atoms with Crippen LogP contribution in [0.3, 0.4) is 0 Å². The fourth-order valence-corrected chi connectivity index (χ4v) is 1.65. The molecule has 100 valence electrons. The van der Waals surface area contributed by atoms with Gasteiger partial charge < -0.3 is 10.1 Å². The highest BCUT2D eigenvalue weighted by Crippen LogP contribution is 2.14. The van der Waals surface area contributed by atoms with E-state index >= 15 is 0 Å². The van der Waals surface area contributed by atoms with Gasteiger partial charge in [0.1, 0.15) is 6.61 Å². The van der Waals surface area contributed by atoms with E-state index in [1.54, 1.807) is 6.92 Å². The Balaban J connectivity index is 2.05. The van der Waals surface area contributed by atoms with Crippen LogP contribution in [-0.2, 0) is 14.3 Å². The summed E-state index contributed by atoms with van der Waals surface area (Å²) in [5.41, 5.74) is 1.21. The zero-order valence-electron chi connectivity index (χ0n) is 10.9. The van der Waals surface area contributed by atoms with Crippen molar-refractivity contribution in [2.45, 2.75) is 39.0 Å². The predicted octanol–water partition coefficient (Wildman–Crippen LogP) is 2.11. The molecule has 0 unspecified atom stereocenters. The van der Waals surface area contributed by atoms with Crippen LogP contribution < -0.4 is 5.32 Å². The molecule has 1 aliphatic carbocycles. The van der Waals surface area contributed by atoms with Crippen molar-refractivity contribution in [1.82, 2.24) is 5.32 Å². The third kappa shape index (κ3) is 6.23. The molecule has 1 aliphatic rings. The van der Waals surface area contributed by atoms with Gasteiger partial charge in [0.15, 0.2) is 0 Å². The quantitative estimate of drug-likeness (QED) is 0.557. The molecular formula is C14H21NO3. The van der Waals surface area contributed by atoms with Crippen LogP contribution in [-0.4, -0.2) is 25.0 Å². The molecule has 0 saturated heterocycles. The molecule has 0 aromatic heterocycles. The van der Waals surface area contributed by atoms with Gasteiger partial charge in [-0.25, -0.2) is 0 Å². The molecule has 0 bridgehead atoms. The van der Waals surface area contributed by atoms with Gasteiger partial charge in [-0.05, 0) is 19.3 Å². The highest BCUT2D eigenvalue weighted by Gasteiger charge is 2.05. The summed E-state index contributed by atoms with van der Waals surface area (Å²) in [6.07, 6.45) is 10.1. The summed E-state index contributed by atoms with van der Waals surface area (Å²) in [7, 11) is 0. The van der Waals surface area contributed by atoms with Gasteiger partial charge in [0.25, 0.3) is 0 Å². The molecule has 0 radical (unpaired) electrons. The number of carbonyl (C=O) groups excluding carboxylic acids is 2. The first-order valence-electron chi connectivity index (χ1n) is 6.50. The first kappa shape index (κ1) is 14.5. The maximum absolute atomic E-state index is 11.4. The van der Waals surface area contributed by atoms with Gasteiger partial charge in [0.2, 0.25) is 5.91 Å². The van der Waals surface area contributed by atoms with Crippen molar-refractivity contribution in [3.63, 3.8) is 0 Å². The van der Waals surface area contributed by atoms with E-state index in [1.165, 1.54) is 5.57 Å². The fraction of sp³-hybridized carbons (Fsp3) is 0.571. The Hall–Kier alpha value is -1.58. The van der Waals surface area contributed by atoms with Gasteiger partial charge in [0.05, 0.1) is 6.54 Å². The molecule has 0 aromatic carbocycles. The lowest BCUT2D eigenvalue weighted by molar-refractivity contribution is -0.143. The monoisotopic (exact) mass is 251 g/mol. The molecule has 4 nitrogen and oxygen atoms in total. The number of amides is 1. The topological polar surface area (TPSA) is 55.4 Å². The number of hydrogen-bond acceptors (Lipinski definition) is 3. The zero-order chi connectivity index (χ0) is 13.2. The highest BCUT2D eigenvalue weighted by molar-refractivity contribution is 5.75. The van der Waals surface area contributed by atoms with Crippen molar-refractivity contribution in [1.29, 1.82) is 0 Å². The van der Waals surface area contributed by atoms with E-state index in [2.05, 4.69) is 23.5 Å². The van der Waals surface area contributed by atoms with Gasteiger partial charge >= 0.3 is 5.97 Å². The average molecular weight is 251 g/mol. The Morgan fingerprint density at radius 1 is 1.39 bits per heavy atom. The molecule has 0 saturated carbocycles. The molecular weight excluding hydrogens is 230 g/mol. The van der Waals surface area contributed by atoms with E-state index in [1.807, 2.05) is 0 Å². The molecule has 0 fully saturated rings. The molecule has 18 heavy (non-hydrogen) atoms. The van der Waals surface area contributed by atoms with Crippen LogP contribution in [0.2, 0.25) is 0 Å². The van der Waals surface area contributed by atoms with E-state index in [0.29, 0.717) is 19.4 Å². The lowest BCUT2D eigenvalue weighted by Crippen LogP contribution is -2.27. The van der Waals surface area contributed by atoms with Gasteiger partial charge in [-0.1, -0.05) is 30.7 Å². The zero-order valence-corrected chi connectivity index (χ0v) is 10.9. The number of esters is 1. The molecule has 0 heterocycles. The molecule has 4 heteroatoms. The van der Waals surface area contributed by atoms with Crippen LogP contribution in [0.15, 0.2) is 23.8 Å². The summed E-state index contributed by atoms with van der Waals surface area (Å²) in [4.78, 5) is 22.3. The molecule has 0 aliphatic heterocycles. The summed E-state index contributed by atoms with van der Waals surface area (Å²) in [5.74, 6) is -0.232. The number of nitrogens with one attached hydrogen (secondary N) is 1. The second kappa shape index (κ2) is 8.50. The minimum atomic E-state index is -0.208. The Morgan fingerprint density at radius 2 is 2.22 bits per heavy atom. The summed E-state index contributed by atoms with van der Waals surface area (Å²) in [6.45, 7) is 2.42. The maximum atomic E-state index is 11.4. The number of ether oxygens (including phenoxy) is 1. The van der Waals surface area contributed by atoms with Gasteiger partial charge in [-0.15, -0.1) is 0 Å². The second-order valence-electron chi connectivity index (χ2n) is 4.18. The standard InChI is InChI=1S/C14H21NO3/c1-2-13(16)15-10-11-18-14(17)9-8-12-6-4-3-5-7-12/h4,6-7H,2-3,5,8-11H2,1H3,(H,15,16). The average Bonchev–Trinajstić information content (AvgIpc) is 2.42. The first-order valence-corrected chi connectivity index (χ1v) is 6.50. The number of allylic oxidation sites excluding steroid dienone is 4. The molecule has 1 rings (SSSR count). The third-order valence-corrected chi connectivity index (χ3v) is 2.70. The highest BCUT2D eigenvalue weighted by atomic mass is 16.5. The van der Waals surface area contributed by atoms with Crippen LogP contribution in [0.1, 0.15) is 39.0 Å². The van der Waals surface area contributed by atoms with E-state index in [-0.39, 0.29) is 18.5 Å². The lowest BCUT2D eigenvalue weighted by Gasteiger charge is -2.08.